The molecule has 1 saturated heterocycles. The number of nitrogens with one attached hydrogen (secondary N) is 2. The number of ketones is 1. The molecule has 0 aromatic carbocycles. The summed E-state index contributed by atoms with van der Waals surface area (Å²) in [5.74, 6) is -5.06. The Labute approximate surface area is 259 Å². The molecule has 5 N–H and O–H groups in total. The molecule has 4 heterocycles. The summed E-state index contributed by atoms with van der Waals surface area (Å²) >= 11 is 2.07. The molecule has 0 bridgehead atoms. The van der Waals surface area contributed by atoms with Crippen molar-refractivity contribution in [1.29, 1.82) is 0 Å². The minimum Gasteiger partial charge on any atom is -0.543 e. The first-order chi connectivity index (χ1) is 20.7. The molecule has 19 heteroatoms. The van der Waals surface area contributed by atoms with Crippen molar-refractivity contribution in [3.8, 4) is 0 Å². The predicted octanol–water partition coefficient (Wildman–Crippen LogP) is -0.944. The quantitative estimate of drug-likeness (QED) is 0.0890. The summed E-state index contributed by atoms with van der Waals surface area (Å²) in [7, 11) is 1.72. The van der Waals surface area contributed by atoms with Gasteiger partial charge in [0.25, 0.3) is 0 Å². The molecular formula is C25H31N9O8S2. The molecule has 0 saturated carbocycles. The first-order valence-corrected chi connectivity index (χ1v) is 15.2. The van der Waals surface area contributed by atoms with Gasteiger partial charge in [-0.2, -0.15) is 14.0 Å². The Morgan fingerprint density at radius 3 is 2.68 bits per heavy atom. The maximum Gasteiger partial charge on any atom is 0.350 e. The number of nitrogen functional groups attached to an aromatic ring is 1. The van der Waals surface area contributed by atoms with Crippen LogP contribution in [0.25, 0.3) is 0 Å². The molecular weight excluding hydrogens is 618 g/mol. The lowest BCUT2D eigenvalue weighted by atomic mass is 9.89. The van der Waals surface area contributed by atoms with E-state index in [-0.39, 0.29) is 41.4 Å². The molecule has 3 amide bonds. The Hall–Kier alpha value is -4.52. The van der Waals surface area contributed by atoms with Crippen molar-refractivity contribution in [2.24, 2.45) is 18.1 Å². The molecule has 0 aliphatic carbocycles. The monoisotopic (exact) mass is 649 g/mol. The Morgan fingerprint density at radius 2 is 2.07 bits per heavy atom. The highest BCUT2D eigenvalue weighted by Gasteiger charge is 2.53. The summed E-state index contributed by atoms with van der Waals surface area (Å²) in [6.07, 6.45) is 3.68. The van der Waals surface area contributed by atoms with Gasteiger partial charge < -0.3 is 36.2 Å². The van der Waals surface area contributed by atoms with Crippen LogP contribution in [0.3, 0.4) is 0 Å². The van der Waals surface area contributed by atoms with Gasteiger partial charge in [0.05, 0.1) is 29.2 Å². The van der Waals surface area contributed by atoms with Crippen molar-refractivity contribution in [2.75, 3.05) is 23.3 Å². The molecule has 1 fully saturated rings. The van der Waals surface area contributed by atoms with E-state index in [0.29, 0.717) is 17.8 Å². The zero-order valence-corrected chi connectivity index (χ0v) is 25.9. The second kappa shape index (κ2) is 13.0. The van der Waals surface area contributed by atoms with Crippen LogP contribution in [0.2, 0.25) is 0 Å². The van der Waals surface area contributed by atoms with Gasteiger partial charge in [-0.15, -0.1) is 16.4 Å². The van der Waals surface area contributed by atoms with Crippen molar-refractivity contribution < 1.29 is 43.7 Å². The largest absolute Gasteiger partial charge is 0.543 e. The van der Waals surface area contributed by atoms with Crippen LogP contribution in [0.4, 0.5) is 15.6 Å². The van der Waals surface area contributed by atoms with Gasteiger partial charge in [-0.05, 0) is 25.8 Å². The summed E-state index contributed by atoms with van der Waals surface area (Å²) < 4.78 is 7.30. The zero-order valence-electron chi connectivity index (χ0n) is 24.2. The number of carboxylic acids is 2. The SMILES string of the molecule is CCCNC(=O)Nc1cn(CC2=C(C(=O)[O-])N3C(=O)[C@@H](CC(=O)/C(=N\OC(C)(C)C(=O)O)c4nsc(N)n4)[C@H]3SC2)[n+](C)c1. The number of hydrogen-bond acceptors (Lipinski definition) is 13. The first kappa shape index (κ1) is 32.4. The number of thioether (sulfide) groups is 1. The second-order valence-corrected chi connectivity index (χ2v) is 12.3. The molecule has 4 rings (SSSR count). The smallest absolute Gasteiger partial charge is 0.350 e. The number of aryl methyl sites for hydroxylation is 1. The van der Waals surface area contributed by atoms with Gasteiger partial charge in [0.2, 0.25) is 23.5 Å². The van der Waals surface area contributed by atoms with Crippen LogP contribution < -0.4 is 26.2 Å². The van der Waals surface area contributed by atoms with Crippen LogP contribution in [0.1, 0.15) is 39.4 Å². The molecule has 0 radical (unpaired) electrons. The Balaban J connectivity index is 1.51. The summed E-state index contributed by atoms with van der Waals surface area (Å²) in [4.78, 5) is 72.4. The van der Waals surface area contributed by atoms with Gasteiger partial charge >= 0.3 is 12.0 Å². The van der Waals surface area contributed by atoms with E-state index in [4.69, 9.17) is 10.6 Å². The third-order valence-electron chi connectivity index (χ3n) is 6.72. The number of oxime groups is 1. The lowest BCUT2D eigenvalue weighted by Crippen LogP contribution is -2.63. The van der Waals surface area contributed by atoms with Crippen LogP contribution >= 0.6 is 23.3 Å². The number of nitrogens with two attached hydrogens (primary N) is 1. The third kappa shape index (κ3) is 6.83. The Bertz CT molecular complexity index is 1560. The number of anilines is 2. The molecule has 17 nitrogen and oxygen atoms in total. The van der Waals surface area contributed by atoms with Gasteiger partial charge in [-0.25, -0.2) is 9.59 Å². The fraction of sp³-hybridized carbons (Fsp3) is 0.480. The number of β-lactam (4-membered cyclic amide) rings is 1. The van der Waals surface area contributed by atoms with Crippen LogP contribution in [-0.4, -0.2) is 82.7 Å². The van der Waals surface area contributed by atoms with Gasteiger partial charge in [-0.1, -0.05) is 12.1 Å². The minimum atomic E-state index is -1.78. The number of carboxylic acid groups (broad SMARTS) is 2. The van der Waals surface area contributed by atoms with Gasteiger partial charge in [0.15, 0.2) is 23.7 Å². The molecule has 2 aliphatic heterocycles. The van der Waals surface area contributed by atoms with E-state index in [0.717, 1.165) is 22.9 Å². The number of carbonyl (C=O) groups excluding carboxylic acids is 4. The van der Waals surface area contributed by atoms with Gasteiger partial charge in [0.1, 0.15) is 12.2 Å². The van der Waals surface area contributed by atoms with Crippen LogP contribution in [0.15, 0.2) is 28.8 Å². The van der Waals surface area contributed by atoms with E-state index >= 15 is 0 Å². The first-order valence-electron chi connectivity index (χ1n) is 13.3. The topological polar surface area (TPSA) is 238 Å². The highest BCUT2D eigenvalue weighted by molar-refractivity contribution is 8.00. The Morgan fingerprint density at radius 1 is 1.34 bits per heavy atom. The van der Waals surface area contributed by atoms with E-state index in [1.807, 2.05) is 6.92 Å². The second-order valence-electron chi connectivity index (χ2n) is 10.5. The van der Waals surface area contributed by atoms with Crippen molar-refractivity contribution >= 4 is 69.5 Å². The molecule has 2 aromatic heterocycles. The highest BCUT2D eigenvalue weighted by atomic mass is 32.2. The van der Waals surface area contributed by atoms with Crippen LogP contribution in [0.5, 0.6) is 0 Å². The number of hydrogen-bond donors (Lipinski definition) is 4. The third-order valence-corrected chi connectivity index (χ3v) is 8.66. The van der Waals surface area contributed by atoms with Crippen molar-refractivity contribution in [3.63, 3.8) is 0 Å². The normalized spacial score (nSPS) is 18.4. The maximum absolute atomic E-state index is 13.3. The zero-order chi connectivity index (χ0) is 32.3. The number of fused-ring (bicyclic) bond motifs is 1. The molecule has 2 aliphatic rings. The lowest BCUT2D eigenvalue weighted by molar-refractivity contribution is -0.752. The minimum absolute atomic E-state index is 0.0294. The number of aliphatic carboxylic acids is 2. The number of Topliss-reactive ketones (excluding diaryl/α,β-unsaturated/α-hetero) is 1. The average Bonchev–Trinajstić information content (AvgIpc) is 3.54. The van der Waals surface area contributed by atoms with E-state index in [1.165, 1.54) is 25.6 Å². The fourth-order valence-electron chi connectivity index (χ4n) is 4.36. The van der Waals surface area contributed by atoms with Crippen molar-refractivity contribution in [3.05, 3.63) is 29.5 Å². The summed E-state index contributed by atoms with van der Waals surface area (Å²) in [5.41, 5.74) is 4.07. The highest BCUT2D eigenvalue weighted by Crippen LogP contribution is 2.45. The van der Waals surface area contributed by atoms with Crippen molar-refractivity contribution in [2.45, 2.75) is 51.1 Å². The number of nitrogens with zero attached hydrogens (tertiary/aromatic N) is 6. The van der Waals surface area contributed by atoms with E-state index < -0.39 is 46.2 Å². The van der Waals surface area contributed by atoms with Crippen LogP contribution in [0, 0.1) is 5.92 Å². The lowest BCUT2D eigenvalue weighted by Gasteiger charge is -2.50. The molecule has 44 heavy (non-hydrogen) atoms. The average molecular weight is 650 g/mol. The van der Waals surface area contributed by atoms with E-state index in [9.17, 15) is 34.2 Å². The molecule has 2 atom stereocenters. The standard InChI is InChI=1S/C25H31N9O8S2/c1-5-6-27-24(41)28-13-9-32(4)33(10-13)8-12-11-43-20-14(19(36)34(20)17(12)21(37)38)7-15(35)16(18-29-23(26)44-31-18)30-42-25(2,3)22(39)40/h9-10,14,20H,5-8,11H2,1-4H3,(H5-,26,27,28,29,31,37,38,39,40,41)/b30-16+/t14-,20-/m1/s1. The van der Waals surface area contributed by atoms with Gasteiger partial charge in [-0.3, -0.25) is 14.5 Å². The summed E-state index contributed by atoms with van der Waals surface area (Å²) in [5, 5.41) is 30.1. The van der Waals surface area contributed by atoms with Crippen molar-refractivity contribution in [1.82, 2.24) is 24.3 Å². The molecule has 236 valence electrons. The van der Waals surface area contributed by atoms with E-state index in [2.05, 4.69) is 25.1 Å². The Kier molecular flexibility index (Phi) is 9.57. The summed E-state index contributed by atoms with van der Waals surface area (Å²) in [6, 6.07) is -0.374. The molecule has 0 unspecified atom stereocenters. The van der Waals surface area contributed by atoms with E-state index in [1.54, 1.807) is 28.8 Å². The predicted molar refractivity (Wildman–Crippen MR) is 155 cm³/mol. The molecule has 2 aromatic rings. The summed E-state index contributed by atoms with van der Waals surface area (Å²) in [6.45, 7) is 5.00. The molecule has 0 spiro atoms. The van der Waals surface area contributed by atoms with Crippen LogP contribution in [-0.2, 0) is 37.6 Å². The maximum atomic E-state index is 13.3. The number of carbonyl (C=O) groups is 5. The number of rotatable bonds is 13. The fourth-order valence-corrected chi connectivity index (χ4v) is 6.20. The number of amides is 3. The number of urea groups is 1. The number of aromatic nitrogens is 4. The van der Waals surface area contributed by atoms with Gasteiger partial charge in [0, 0.05) is 30.3 Å².